The standard InChI is InChI=1S/C22H26N2O4/c1-26-14-20(16-7-8-21(23-12-16)28-17-9-10-27-13-17)24-22(25)19-11-18(19)15-5-3-2-4-6-15/h2-8,12,17-20H,9-11,13-14H2,1H3,(H,24,25). The van der Waals surface area contributed by atoms with Gasteiger partial charge in [0.25, 0.3) is 0 Å². The van der Waals surface area contributed by atoms with Gasteiger partial charge in [0.15, 0.2) is 0 Å². The van der Waals surface area contributed by atoms with Crippen molar-refractivity contribution in [1.82, 2.24) is 10.3 Å². The zero-order valence-electron chi connectivity index (χ0n) is 16.0. The lowest BCUT2D eigenvalue weighted by Gasteiger charge is -2.19. The quantitative estimate of drug-likeness (QED) is 0.760. The first kappa shape index (κ1) is 18.9. The van der Waals surface area contributed by atoms with Gasteiger partial charge in [-0.3, -0.25) is 4.79 Å². The van der Waals surface area contributed by atoms with Gasteiger partial charge >= 0.3 is 0 Å². The minimum absolute atomic E-state index is 0.0275. The number of carbonyl (C=O) groups is 1. The van der Waals surface area contributed by atoms with Crippen LogP contribution in [0.25, 0.3) is 0 Å². The number of amides is 1. The summed E-state index contributed by atoms with van der Waals surface area (Å²) in [7, 11) is 1.63. The first-order chi connectivity index (χ1) is 13.7. The van der Waals surface area contributed by atoms with Gasteiger partial charge in [-0.1, -0.05) is 30.3 Å². The van der Waals surface area contributed by atoms with Gasteiger partial charge in [-0.25, -0.2) is 4.98 Å². The van der Waals surface area contributed by atoms with Crippen LogP contribution in [-0.2, 0) is 14.3 Å². The smallest absolute Gasteiger partial charge is 0.224 e. The normalized spacial score (nSPS) is 24.5. The molecule has 1 saturated carbocycles. The van der Waals surface area contributed by atoms with E-state index in [1.54, 1.807) is 13.3 Å². The number of hydrogen-bond donors (Lipinski definition) is 1. The molecule has 1 aliphatic carbocycles. The van der Waals surface area contributed by atoms with Gasteiger partial charge in [0.05, 0.1) is 25.9 Å². The maximum atomic E-state index is 12.7. The fourth-order valence-electron chi connectivity index (χ4n) is 3.66. The number of benzene rings is 1. The Labute approximate surface area is 165 Å². The molecule has 1 amide bonds. The van der Waals surface area contributed by atoms with Crippen LogP contribution in [0.4, 0.5) is 0 Å². The molecule has 0 bridgehead atoms. The van der Waals surface area contributed by atoms with Gasteiger partial charge < -0.3 is 19.5 Å². The Bertz CT molecular complexity index is 775. The number of carbonyl (C=O) groups excluding carboxylic acids is 1. The highest BCUT2D eigenvalue weighted by Gasteiger charge is 2.44. The summed E-state index contributed by atoms with van der Waals surface area (Å²) < 4.78 is 16.4. The number of rotatable bonds is 8. The van der Waals surface area contributed by atoms with E-state index in [4.69, 9.17) is 14.2 Å². The van der Waals surface area contributed by atoms with E-state index in [1.165, 1.54) is 5.56 Å². The van der Waals surface area contributed by atoms with Gasteiger partial charge in [0.1, 0.15) is 6.10 Å². The van der Waals surface area contributed by atoms with E-state index in [9.17, 15) is 4.79 Å². The van der Waals surface area contributed by atoms with Gasteiger partial charge in [-0.05, 0) is 29.5 Å². The molecule has 1 aromatic heterocycles. The number of aromatic nitrogens is 1. The lowest BCUT2D eigenvalue weighted by Crippen LogP contribution is -2.32. The van der Waals surface area contributed by atoms with Crippen molar-refractivity contribution < 1.29 is 19.0 Å². The van der Waals surface area contributed by atoms with Crippen LogP contribution in [0.2, 0.25) is 0 Å². The van der Waals surface area contributed by atoms with Gasteiger partial charge in [0.2, 0.25) is 11.8 Å². The van der Waals surface area contributed by atoms with Crippen LogP contribution < -0.4 is 10.1 Å². The molecular weight excluding hydrogens is 356 g/mol. The van der Waals surface area contributed by atoms with Crippen LogP contribution in [0, 0.1) is 5.92 Å². The van der Waals surface area contributed by atoms with Crippen molar-refractivity contribution in [2.45, 2.75) is 30.9 Å². The highest BCUT2D eigenvalue weighted by Crippen LogP contribution is 2.47. The van der Waals surface area contributed by atoms with Crippen molar-refractivity contribution in [3.8, 4) is 5.88 Å². The zero-order valence-corrected chi connectivity index (χ0v) is 16.0. The number of ether oxygens (including phenoxy) is 3. The molecule has 148 valence electrons. The highest BCUT2D eigenvalue weighted by atomic mass is 16.5. The second-order valence-electron chi connectivity index (χ2n) is 7.41. The Hall–Kier alpha value is -2.44. The molecule has 2 aliphatic rings. The number of methoxy groups -OCH3 is 1. The lowest BCUT2D eigenvalue weighted by molar-refractivity contribution is -0.123. The molecule has 2 fully saturated rings. The third-order valence-electron chi connectivity index (χ3n) is 5.34. The van der Waals surface area contributed by atoms with Crippen molar-refractivity contribution >= 4 is 5.91 Å². The lowest BCUT2D eigenvalue weighted by atomic mass is 10.1. The molecule has 0 spiro atoms. The molecule has 2 aromatic rings. The van der Waals surface area contributed by atoms with Crippen LogP contribution in [0.5, 0.6) is 5.88 Å². The van der Waals surface area contributed by atoms with Crippen LogP contribution >= 0.6 is 0 Å². The predicted molar refractivity (Wildman–Crippen MR) is 104 cm³/mol. The third-order valence-corrected chi connectivity index (χ3v) is 5.34. The fourth-order valence-corrected chi connectivity index (χ4v) is 3.66. The molecule has 1 N–H and O–H groups in total. The summed E-state index contributed by atoms with van der Waals surface area (Å²) in [5, 5.41) is 3.12. The van der Waals surface area contributed by atoms with Crippen molar-refractivity contribution in [3.63, 3.8) is 0 Å². The fraction of sp³-hybridized carbons (Fsp3) is 0.455. The molecule has 1 aromatic carbocycles. The molecule has 4 atom stereocenters. The van der Waals surface area contributed by atoms with E-state index in [2.05, 4.69) is 22.4 Å². The first-order valence-corrected chi connectivity index (χ1v) is 9.79. The largest absolute Gasteiger partial charge is 0.472 e. The molecule has 2 heterocycles. The second-order valence-corrected chi connectivity index (χ2v) is 7.41. The number of nitrogens with zero attached hydrogens (tertiary/aromatic N) is 1. The summed E-state index contributed by atoms with van der Waals surface area (Å²) in [5.41, 5.74) is 2.13. The maximum Gasteiger partial charge on any atom is 0.224 e. The molecule has 4 rings (SSSR count). The summed E-state index contributed by atoms with van der Waals surface area (Å²) in [6.45, 7) is 1.73. The van der Waals surface area contributed by atoms with Crippen molar-refractivity contribution in [2.75, 3.05) is 26.9 Å². The molecular formula is C22H26N2O4. The number of pyridine rings is 1. The summed E-state index contributed by atoms with van der Waals surface area (Å²) in [6.07, 6.45) is 3.59. The van der Waals surface area contributed by atoms with Gasteiger partial charge in [0, 0.05) is 31.7 Å². The van der Waals surface area contributed by atoms with Crippen molar-refractivity contribution in [1.29, 1.82) is 0 Å². The Morgan fingerprint density at radius 1 is 1.29 bits per heavy atom. The van der Waals surface area contributed by atoms with E-state index in [1.807, 2.05) is 30.3 Å². The summed E-state index contributed by atoms with van der Waals surface area (Å²) in [5.74, 6) is 0.985. The molecule has 1 saturated heterocycles. The first-order valence-electron chi connectivity index (χ1n) is 9.79. The third kappa shape index (κ3) is 4.51. The SMILES string of the molecule is COCC(NC(=O)C1CC1c1ccccc1)c1ccc(OC2CCOC2)nc1. The van der Waals surface area contributed by atoms with E-state index in [0.29, 0.717) is 25.0 Å². The van der Waals surface area contributed by atoms with E-state index >= 15 is 0 Å². The Kier molecular flexibility index (Phi) is 5.88. The number of nitrogens with one attached hydrogen (secondary N) is 1. The topological polar surface area (TPSA) is 69.7 Å². The molecule has 0 radical (unpaired) electrons. The van der Waals surface area contributed by atoms with Crippen molar-refractivity contribution in [3.05, 3.63) is 59.8 Å². The Balaban J connectivity index is 1.36. The van der Waals surface area contributed by atoms with Gasteiger partial charge in [-0.15, -0.1) is 0 Å². The molecule has 4 unspecified atom stereocenters. The van der Waals surface area contributed by atoms with E-state index < -0.39 is 0 Å². The zero-order chi connectivity index (χ0) is 19.3. The summed E-state index contributed by atoms with van der Waals surface area (Å²) >= 11 is 0. The van der Waals surface area contributed by atoms with E-state index in [0.717, 1.165) is 25.0 Å². The maximum absolute atomic E-state index is 12.7. The molecule has 28 heavy (non-hydrogen) atoms. The molecule has 6 heteroatoms. The number of hydrogen-bond acceptors (Lipinski definition) is 5. The van der Waals surface area contributed by atoms with E-state index in [-0.39, 0.29) is 24.0 Å². The molecule has 1 aliphatic heterocycles. The van der Waals surface area contributed by atoms with Crippen LogP contribution in [0.1, 0.15) is 35.9 Å². The Morgan fingerprint density at radius 3 is 2.82 bits per heavy atom. The minimum atomic E-state index is -0.231. The molecule has 6 nitrogen and oxygen atoms in total. The minimum Gasteiger partial charge on any atom is -0.472 e. The summed E-state index contributed by atoms with van der Waals surface area (Å²) in [4.78, 5) is 17.1. The van der Waals surface area contributed by atoms with Crippen LogP contribution in [0.15, 0.2) is 48.7 Å². The summed E-state index contributed by atoms with van der Waals surface area (Å²) in [6, 6.07) is 13.7. The highest BCUT2D eigenvalue weighted by molar-refractivity contribution is 5.83. The Morgan fingerprint density at radius 2 is 2.14 bits per heavy atom. The van der Waals surface area contributed by atoms with Gasteiger partial charge in [-0.2, -0.15) is 0 Å². The average Bonchev–Trinajstić information content (AvgIpc) is 3.38. The second kappa shape index (κ2) is 8.71. The average molecular weight is 382 g/mol. The van der Waals surface area contributed by atoms with Crippen LogP contribution in [-0.4, -0.2) is 43.9 Å². The predicted octanol–water partition coefficient (Wildman–Crippen LogP) is 2.86. The van der Waals surface area contributed by atoms with Crippen molar-refractivity contribution in [2.24, 2.45) is 5.92 Å². The monoisotopic (exact) mass is 382 g/mol. The van der Waals surface area contributed by atoms with Crippen LogP contribution in [0.3, 0.4) is 0 Å².